The second-order valence-electron chi connectivity index (χ2n) is 12.0. The van der Waals surface area contributed by atoms with Gasteiger partial charge in [0.05, 0.1) is 27.5 Å². The third-order valence-electron chi connectivity index (χ3n) is 10.1. The van der Waals surface area contributed by atoms with E-state index in [2.05, 4.69) is 4.90 Å². The number of hydrogen-bond donors (Lipinski definition) is 2. The molecule has 2 heterocycles. The number of aromatic hydroxyl groups is 1. The quantitative estimate of drug-likeness (QED) is 0.333. The molecule has 5 aliphatic rings. The lowest BCUT2D eigenvalue weighted by Gasteiger charge is -2.64. The first-order valence-electron chi connectivity index (χ1n) is 13.9. The average Bonchev–Trinajstić information content (AvgIpc) is 3.67. The van der Waals surface area contributed by atoms with Crippen molar-refractivity contribution < 1.29 is 24.7 Å². The Kier molecular flexibility index (Phi) is 5.38. The molecule has 39 heavy (non-hydrogen) atoms. The molecule has 1 spiro atoms. The summed E-state index contributed by atoms with van der Waals surface area (Å²) in [5.41, 5.74) is 0.619. The van der Waals surface area contributed by atoms with Crippen LogP contribution in [-0.4, -0.2) is 74.8 Å². The zero-order valence-electron chi connectivity index (χ0n) is 22.0. The fourth-order valence-corrected chi connectivity index (χ4v) is 8.09. The van der Waals surface area contributed by atoms with Gasteiger partial charge < -0.3 is 19.8 Å². The molecular weight excluding hydrogens is 498 g/mol. The lowest BCUT2D eigenvalue weighted by molar-refractivity contribution is -0.385. The highest BCUT2D eigenvalue weighted by atomic mass is 16.6. The molecule has 2 aromatic rings. The van der Waals surface area contributed by atoms with Gasteiger partial charge in [0.2, 0.25) is 5.91 Å². The number of phenols is 1. The number of benzene rings is 2. The van der Waals surface area contributed by atoms with Crippen LogP contribution in [0.3, 0.4) is 0 Å². The fraction of sp³-hybridized carbons (Fsp3) is 0.500. The summed E-state index contributed by atoms with van der Waals surface area (Å²) < 4.78 is 6.56. The van der Waals surface area contributed by atoms with Crippen LogP contribution in [-0.2, 0) is 16.6 Å². The highest BCUT2D eigenvalue weighted by Gasteiger charge is 2.73. The summed E-state index contributed by atoms with van der Waals surface area (Å²) in [6.45, 7) is 1.85. The van der Waals surface area contributed by atoms with E-state index < -0.39 is 22.0 Å². The van der Waals surface area contributed by atoms with Crippen LogP contribution >= 0.6 is 0 Å². The lowest BCUT2D eigenvalue weighted by atomic mass is 9.48. The smallest absolute Gasteiger partial charge is 0.276 e. The number of ether oxygens (including phenoxy) is 1. The maximum Gasteiger partial charge on any atom is 0.276 e. The molecular formula is C30H33N3O6. The van der Waals surface area contributed by atoms with E-state index in [1.165, 1.54) is 31.1 Å². The van der Waals surface area contributed by atoms with Crippen LogP contribution < -0.4 is 4.74 Å². The Balaban J connectivity index is 1.24. The Hall–Kier alpha value is -3.43. The van der Waals surface area contributed by atoms with Gasteiger partial charge in [-0.05, 0) is 74.8 Å². The molecule has 7 rings (SSSR count). The summed E-state index contributed by atoms with van der Waals surface area (Å²) in [7, 11) is 1.73. The predicted octanol–water partition coefficient (Wildman–Crippen LogP) is 3.40. The van der Waals surface area contributed by atoms with Gasteiger partial charge in [0.1, 0.15) is 6.10 Å². The Bertz CT molecular complexity index is 1410. The van der Waals surface area contributed by atoms with Gasteiger partial charge >= 0.3 is 0 Å². The predicted molar refractivity (Wildman–Crippen MR) is 143 cm³/mol. The van der Waals surface area contributed by atoms with Gasteiger partial charge in [0, 0.05) is 37.3 Å². The Morgan fingerprint density at radius 3 is 2.79 bits per heavy atom. The second kappa shape index (κ2) is 8.53. The largest absolute Gasteiger partial charge is 0.504 e. The number of amides is 1. The van der Waals surface area contributed by atoms with Gasteiger partial charge in [0.15, 0.2) is 11.5 Å². The third-order valence-corrected chi connectivity index (χ3v) is 10.1. The normalized spacial score (nSPS) is 32.5. The van der Waals surface area contributed by atoms with Crippen LogP contribution in [0.5, 0.6) is 11.5 Å². The highest BCUT2D eigenvalue weighted by molar-refractivity contribution is 5.92. The summed E-state index contributed by atoms with van der Waals surface area (Å²) in [5.74, 6) is 0.945. The number of carbonyl (C=O) groups is 1. The number of aliphatic hydroxyl groups is 1. The molecule has 0 radical (unpaired) electrons. The van der Waals surface area contributed by atoms with E-state index in [-0.39, 0.29) is 29.4 Å². The van der Waals surface area contributed by atoms with Crippen molar-refractivity contribution in [3.05, 3.63) is 69.3 Å². The number of para-hydroxylation sites is 1. The third kappa shape index (κ3) is 3.42. The highest BCUT2D eigenvalue weighted by Crippen LogP contribution is 2.66. The van der Waals surface area contributed by atoms with E-state index in [0.29, 0.717) is 36.5 Å². The lowest BCUT2D eigenvalue weighted by Crippen LogP contribution is -2.78. The molecule has 2 aliphatic heterocycles. The van der Waals surface area contributed by atoms with Crippen molar-refractivity contribution >= 4 is 17.7 Å². The van der Waals surface area contributed by atoms with Crippen molar-refractivity contribution in [3.63, 3.8) is 0 Å². The number of phenolic OH excluding ortho intramolecular Hbond substituents is 1. The number of nitro groups is 1. The molecule has 2 bridgehead atoms. The van der Waals surface area contributed by atoms with Crippen LogP contribution in [0.25, 0.3) is 6.08 Å². The molecule has 204 valence electrons. The maximum absolute atomic E-state index is 13.4. The first kappa shape index (κ1) is 24.6. The first-order valence-corrected chi connectivity index (χ1v) is 13.9. The number of hydrogen-bond acceptors (Lipinski definition) is 7. The summed E-state index contributed by atoms with van der Waals surface area (Å²) >= 11 is 0. The molecule has 2 saturated carbocycles. The zero-order valence-corrected chi connectivity index (χ0v) is 22.0. The van der Waals surface area contributed by atoms with Gasteiger partial charge in [-0.25, -0.2) is 0 Å². The Morgan fingerprint density at radius 2 is 2.03 bits per heavy atom. The van der Waals surface area contributed by atoms with Crippen molar-refractivity contribution in [3.8, 4) is 11.5 Å². The van der Waals surface area contributed by atoms with Crippen molar-refractivity contribution in [2.24, 2.45) is 5.92 Å². The standard InChI is InChI=1S/C30H33N3O6/c1-31(25(35)11-9-19-4-2-3-5-21(19)33(37)38)22-12-13-30(36)24-16-20-8-10-23(34)27-26(20)29(30,28(22)39-27)14-15-32(24)17-18-6-7-18/h2-5,8-11,18,22,24,28,34,36H,6-7,12-17H2,1H3/b11-9+/t22?,24-,28?,29+,30-/m1/s1. The summed E-state index contributed by atoms with van der Waals surface area (Å²) in [6.07, 6.45) is 7.36. The minimum atomic E-state index is -1.02. The molecule has 2 unspecified atom stereocenters. The summed E-state index contributed by atoms with van der Waals surface area (Å²) in [5, 5.41) is 34.8. The van der Waals surface area contributed by atoms with Gasteiger partial charge in [-0.3, -0.25) is 19.8 Å². The number of piperidine rings is 1. The minimum Gasteiger partial charge on any atom is -0.504 e. The summed E-state index contributed by atoms with van der Waals surface area (Å²) in [6, 6.07) is 9.62. The van der Waals surface area contributed by atoms with Crippen LogP contribution in [0.15, 0.2) is 42.5 Å². The van der Waals surface area contributed by atoms with E-state index in [1.54, 1.807) is 36.2 Å². The Morgan fingerprint density at radius 1 is 1.23 bits per heavy atom. The number of likely N-dealkylation sites (N-methyl/N-ethyl adjacent to an activating group) is 1. The average molecular weight is 532 g/mol. The van der Waals surface area contributed by atoms with Gasteiger partial charge in [0.25, 0.3) is 5.69 Å². The number of carbonyl (C=O) groups excluding carboxylic acids is 1. The molecule has 9 heteroatoms. The molecule has 0 aromatic heterocycles. The number of nitrogens with zero attached hydrogens (tertiary/aromatic N) is 3. The van der Waals surface area contributed by atoms with Crippen molar-refractivity contribution in [1.82, 2.24) is 9.80 Å². The van der Waals surface area contributed by atoms with Crippen molar-refractivity contribution in [2.45, 2.75) is 67.7 Å². The van der Waals surface area contributed by atoms with Crippen molar-refractivity contribution in [1.29, 1.82) is 0 Å². The van der Waals surface area contributed by atoms with E-state index in [4.69, 9.17) is 4.74 Å². The van der Waals surface area contributed by atoms with Gasteiger partial charge in [-0.2, -0.15) is 0 Å². The Labute approximate surface area is 226 Å². The van der Waals surface area contributed by atoms with Gasteiger partial charge in [-0.15, -0.1) is 0 Å². The molecule has 1 amide bonds. The molecule has 2 aromatic carbocycles. The first-order chi connectivity index (χ1) is 18.7. The second-order valence-corrected chi connectivity index (χ2v) is 12.0. The maximum atomic E-state index is 13.4. The summed E-state index contributed by atoms with van der Waals surface area (Å²) in [4.78, 5) is 28.5. The van der Waals surface area contributed by atoms with Crippen LogP contribution in [0.1, 0.15) is 48.8 Å². The molecule has 9 nitrogen and oxygen atoms in total. The number of likely N-dealkylation sites (tertiary alicyclic amines) is 1. The number of nitro benzene ring substituents is 1. The molecule has 1 saturated heterocycles. The SMILES string of the molecule is CN(C(=O)/C=C/c1ccccc1[N+](=O)[O-])C1CC[C@@]2(O)[C@H]3Cc4ccc(O)c5c4[C@@]2(CCN3CC2CC2)C1O5. The van der Waals surface area contributed by atoms with Gasteiger partial charge in [-0.1, -0.05) is 18.2 Å². The van der Waals surface area contributed by atoms with Crippen LogP contribution in [0.2, 0.25) is 0 Å². The van der Waals surface area contributed by atoms with E-state index in [0.717, 1.165) is 30.6 Å². The van der Waals surface area contributed by atoms with E-state index >= 15 is 0 Å². The van der Waals surface area contributed by atoms with E-state index in [1.807, 2.05) is 6.07 Å². The van der Waals surface area contributed by atoms with E-state index in [9.17, 15) is 25.1 Å². The molecule has 3 fully saturated rings. The number of rotatable bonds is 6. The topological polar surface area (TPSA) is 116 Å². The monoisotopic (exact) mass is 531 g/mol. The fourth-order valence-electron chi connectivity index (χ4n) is 8.09. The van der Waals surface area contributed by atoms with Crippen molar-refractivity contribution in [2.75, 3.05) is 20.1 Å². The minimum absolute atomic E-state index is 0.0265. The molecule has 3 aliphatic carbocycles. The molecule has 5 atom stereocenters. The molecule has 2 N–H and O–H groups in total. The van der Waals surface area contributed by atoms with Crippen LogP contribution in [0, 0.1) is 16.0 Å². The zero-order chi connectivity index (χ0) is 27.1. The van der Waals surface area contributed by atoms with Crippen LogP contribution in [0.4, 0.5) is 5.69 Å².